The molecule has 3 nitrogen and oxygen atoms in total. The summed E-state index contributed by atoms with van der Waals surface area (Å²) in [7, 11) is 0. The second kappa shape index (κ2) is 4.37. The zero-order valence-corrected chi connectivity index (χ0v) is 8.78. The normalized spacial score (nSPS) is 12.5. The van der Waals surface area contributed by atoms with Crippen LogP contribution in [0.4, 0.5) is 0 Å². The average Bonchev–Trinajstić information content (AvgIpc) is 2.09. The molecule has 0 aliphatic heterocycles. The van der Waals surface area contributed by atoms with Gasteiger partial charge in [-0.15, -0.1) is 0 Å². The second-order valence-electron chi connectivity index (χ2n) is 2.70. The lowest BCUT2D eigenvalue weighted by Gasteiger charge is -2.10. The Morgan fingerprint density at radius 2 is 2.46 bits per heavy atom. The Hall–Kier alpha value is -0.900. The van der Waals surface area contributed by atoms with Crippen molar-refractivity contribution in [1.29, 1.82) is 0 Å². The number of rotatable bonds is 3. The van der Waals surface area contributed by atoms with Crippen LogP contribution in [0.25, 0.3) is 0 Å². The molecule has 0 aromatic carbocycles. The Morgan fingerprint density at radius 3 is 2.92 bits per heavy atom. The molecule has 1 rings (SSSR count). The van der Waals surface area contributed by atoms with Crippen molar-refractivity contribution in [1.82, 2.24) is 4.98 Å². The highest BCUT2D eigenvalue weighted by Crippen LogP contribution is 2.26. The molecule has 70 valence electrons. The van der Waals surface area contributed by atoms with Gasteiger partial charge in [-0.2, -0.15) is 0 Å². The van der Waals surface area contributed by atoms with Gasteiger partial charge in [0.15, 0.2) is 0 Å². The smallest absolute Gasteiger partial charge is 0.311 e. The maximum absolute atomic E-state index is 10.8. The number of hydrogen-bond donors (Lipinski definition) is 1. The molecule has 1 N–H and O–H groups in total. The monoisotopic (exact) mass is 243 g/mol. The summed E-state index contributed by atoms with van der Waals surface area (Å²) in [6.45, 7) is 1.85. The number of aliphatic carboxylic acids is 1. The van der Waals surface area contributed by atoms with Crippen molar-refractivity contribution in [3.05, 3.63) is 28.5 Å². The van der Waals surface area contributed by atoms with Crippen LogP contribution in [0.2, 0.25) is 0 Å². The Morgan fingerprint density at radius 1 is 1.77 bits per heavy atom. The summed E-state index contributed by atoms with van der Waals surface area (Å²) < 4.78 is 0.754. The van der Waals surface area contributed by atoms with Crippen LogP contribution in [0.15, 0.2) is 22.9 Å². The number of carbonyl (C=O) groups is 1. The van der Waals surface area contributed by atoms with Gasteiger partial charge in [-0.1, -0.05) is 6.92 Å². The average molecular weight is 244 g/mol. The van der Waals surface area contributed by atoms with Crippen molar-refractivity contribution in [3.8, 4) is 0 Å². The summed E-state index contributed by atoms with van der Waals surface area (Å²) in [6, 6.07) is 1.73. The molecule has 0 spiro atoms. The third kappa shape index (κ3) is 2.28. The first-order valence-electron chi connectivity index (χ1n) is 3.99. The van der Waals surface area contributed by atoms with Crippen molar-refractivity contribution in [2.75, 3.05) is 0 Å². The SMILES string of the molecule is CCC(C(=O)O)c1ccncc1Br. The third-order valence-electron chi connectivity index (χ3n) is 1.89. The summed E-state index contributed by atoms with van der Waals surface area (Å²) >= 11 is 3.28. The standard InChI is InChI=1S/C9H10BrNO2/c1-2-6(9(12)13)7-3-4-11-5-8(7)10/h3-6H,2H2,1H3,(H,12,13). The molecule has 0 saturated carbocycles. The number of halogens is 1. The number of hydrogen-bond acceptors (Lipinski definition) is 2. The minimum absolute atomic E-state index is 0.447. The highest BCUT2D eigenvalue weighted by molar-refractivity contribution is 9.10. The highest BCUT2D eigenvalue weighted by Gasteiger charge is 2.19. The van der Waals surface area contributed by atoms with E-state index in [0.29, 0.717) is 6.42 Å². The Bertz CT molecular complexity index is 314. The van der Waals surface area contributed by atoms with Crippen LogP contribution >= 0.6 is 15.9 Å². The van der Waals surface area contributed by atoms with E-state index in [2.05, 4.69) is 20.9 Å². The summed E-state index contributed by atoms with van der Waals surface area (Å²) in [5.41, 5.74) is 0.782. The van der Waals surface area contributed by atoms with E-state index in [0.717, 1.165) is 10.0 Å². The first kappa shape index (κ1) is 10.2. The fourth-order valence-electron chi connectivity index (χ4n) is 1.20. The van der Waals surface area contributed by atoms with Gasteiger partial charge in [-0.3, -0.25) is 9.78 Å². The number of carboxylic acids is 1. The molecular weight excluding hydrogens is 234 g/mol. The fourth-order valence-corrected chi connectivity index (χ4v) is 1.72. The molecule has 1 atom stereocenters. The van der Waals surface area contributed by atoms with Gasteiger partial charge in [0.1, 0.15) is 0 Å². The predicted octanol–water partition coefficient (Wildman–Crippen LogP) is 2.42. The molecule has 1 heterocycles. The van der Waals surface area contributed by atoms with Gasteiger partial charge in [0.05, 0.1) is 5.92 Å². The molecule has 1 aromatic heterocycles. The van der Waals surface area contributed by atoms with E-state index < -0.39 is 11.9 Å². The quantitative estimate of drug-likeness (QED) is 0.888. The van der Waals surface area contributed by atoms with Gasteiger partial charge >= 0.3 is 5.97 Å². The molecule has 0 saturated heterocycles. The van der Waals surface area contributed by atoms with E-state index in [1.807, 2.05) is 6.92 Å². The number of pyridine rings is 1. The van der Waals surface area contributed by atoms with E-state index in [1.54, 1.807) is 18.5 Å². The molecule has 1 unspecified atom stereocenters. The molecule has 0 fully saturated rings. The van der Waals surface area contributed by atoms with Gasteiger partial charge in [-0.05, 0) is 34.0 Å². The van der Waals surface area contributed by atoms with Crippen molar-refractivity contribution in [2.24, 2.45) is 0 Å². The number of nitrogens with zero attached hydrogens (tertiary/aromatic N) is 1. The summed E-state index contributed by atoms with van der Waals surface area (Å²) in [5, 5.41) is 8.91. The van der Waals surface area contributed by atoms with E-state index in [9.17, 15) is 4.79 Å². The van der Waals surface area contributed by atoms with Gasteiger partial charge < -0.3 is 5.11 Å². The summed E-state index contributed by atoms with van der Waals surface area (Å²) in [6.07, 6.45) is 3.80. The van der Waals surface area contributed by atoms with Crippen molar-refractivity contribution in [3.63, 3.8) is 0 Å². The van der Waals surface area contributed by atoms with Gasteiger partial charge in [0.25, 0.3) is 0 Å². The Balaban J connectivity index is 3.04. The zero-order chi connectivity index (χ0) is 9.84. The topological polar surface area (TPSA) is 50.2 Å². The van der Waals surface area contributed by atoms with Crippen LogP contribution in [0.1, 0.15) is 24.8 Å². The lowest BCUT2D eigenvalue weighted by atomic mass is 9.98. The third-order valence-corrected chi connectivity index (χ3v) is 2.55. The largest absolute Gasteiger partial charge is 0.481 e. The summed E-state index contributed by atoms with van der Waals surface area (Å²) in [5.74, 6) is -1.24. The lowest BCUT2D eigenvalue weighted by Crippen LogP contribution is -2.11. The van der Waals surface area contributed by atoms with E-state index >= 15 is 0 Å². The van der Waals surface area contributed by atoms with E-state index in [-0.39, 0.29) is 0 Å². The van der Waals surface area contributed by atoms with Crippen LogP contribution in [0.5, 0.6) is 0 Å². The van der Waals surface area contributed by atoms with Crippen LogP contribution < -0.4 is 0 Å². The minimum atomic E-state index is -0.797. The molecule has 0 amide bonds. The van der Waals surface area contributed by atoms with Gasteiger partial charge in [0, 0.05) is 16.9 Å². The van der Waals surface area contributed by atoms with Crippen LogP contribution in [0, 0.1) is 0 Å². The van der Waals surface area contributed by atoms with Gasteiger partial charge in [-0.25, -0.2) is 0 Å². The van der Waals surface area contributed by atoms with Crippen molar-refractivity contribution < 1.29 is 9.90 Å². The lowest BCUT2D eigenvalue weighted by molar-refractivity contribution is -0.138. The zero-order valence-electron chi connectivity index (χ0n) is 7.20. The fraction of sp³-hybridized carbons (Fsp3) is 0.333. The molecule has 13 heavy (non-hydrogen) atoms. The highest BCUT2D eigenvalue weighted by atomic mass is 79.9. The molecular formula is C9H10BrNO2. The van der Waals surface area contributed by atoms with Crippen LogP contribution in [-0.2, 0) is 4.79 Å². The van der Waals surface area contributed by atoms with E-state index in [4.69, 9.17) is 5.11 Å². The Kier molecular flexibility index (Phi) is 3.42. The number of carboxylic acid groups (broad SMARTS) is 1. The molecule has 0 radical (unpaired) electrons. The Labute approximate surface area is 84.9 Å². The number of aromatic nitrogens is 1. The first-order valence-corrected chi connectivity index (χ1v) is 4.78. The molecule has 1 aromatic rings. The second-order valence-corrected chi connectivity index (χ2v) is 3.55. The minimum Gasteiger partial charge on any atom is -0.481 e. The molecule has 0 aliphatic carbocycles. The van der Waals surface area contributed by atoms with Crippen molar-refractivity contribution >= 4 is 21.9 Å². The maximum atomic E-state index is 10.8. The van der Waals surface area contributed by atoms with Crippen LogP contribution in [-0.4, -0.2) is 16.1 Å². The van der Waals surface area contributed by atoms with Gasteiger partial charge in [0.2, 0.25) is 0 Å². The molecule has 4 heteroatoms. The summed E-state index contributed by atoms with van der Waals surface area (Å²) in [4.78, 5) is 14.7. The first-order chi connectivity index (χ1) is 6.16. The molecule has 0 bridgehead atoms. The van der Waals surface area contributed by atoms with E-state index in [1.165, 1.54) is 0 Å². The maximum Gasteiger partial charge on any atom is 0.311 e. The molecule has 0 aliphatic rings. The van der Waals surface area contributed by atoms with Crippen molar-refractivity contribution in [2.45, 2.75) is 19.3 Å². The van der Waals surface area contributed by atoms with Crippen LogP contribution in [0.3, 0.4) is 0 Å². The predicted molar refractivity (Wildman–Crippen MR) is 52.6 cm³/mol.